The summed E-state index contributed by atoms with van der Waals surface area (Å²) in [4.78, 5) is 12.4. The minimum atomic E-state index is -0.456. The lowest BCUT2D eigenvalue weighted by atomic mass is 10.1. The van der Waals surface area contributed by atoms with E-state index in [0.29, 0.717) is 16.5 Å². The van der Waals surface area contributed by atoms with E-state index in [0.717, 1.165) is 5.69 Å². The molecule has 0 aliphatic carbocycles. The summed E-state index contributed by atoms with van der Waals surface area (Å²) in [6.07, 6.45) is 0. The first-order valence-corrected chi connectivity index (χ1v) is 8.20. The lowest BCUT2D eigenvalue weighted by Gasteiger charge is -2.16. The molecule has 1 amide bonds. The van der Waals surface area contributed by atoms with Crippen LogP contribution < -0.4 is 30.4 Å². The van der Waals surface area contributed by atoms with Gasteiger partial charge in [-0.05, 0) is 48.6 Å². The van der Waals surface area contributed by atoms with E-state index in [1.54, 1.807) is 36.4 Å². The first-order chi connectivity index (χ1) is 12.5. The zero-order valence-corrected chi connectivity index (χ0v) is 16.0. The zero-order chi connectivity index (χ0) is 19.1. The molecule has 2 aromatic carbocycles. The number of rotatable bonds is 5. The number of anilines is 1. The Morgan fingerprint density at radius 2 is 1.58 bits per heavy atom. The van der Waals surface area contributed by atoms with E-state index in [4.69, 9.17) is 38.0 Å². The Balaban J connectivity index is 2.05. The molecule has 26 heavy (non-hydrogen) atoms. The molecular weight excluding hydrogens is 378 g/mol. The Labute approximate surface area is 161 Å². The molecule has 2 rings (SSSR count). The number of amides is 1. The van der Waals surface area contributed by atoms with Gasteiger partial charge in [0, 0.05) is 10.7 Å². The molecule has 3 N–H and O–H groups in total. The molecule has 0 saturated carbocycles. The van der Waals surface area contributed by atoms with Crippen molar-refractivity contribution >= 4 is 40.5 Å². The van der Waals surface area contributed by atoms with Gasteiger partial charge in [-0.1, -0.05) is 11.6 Å². The molecule has 2 aromatic rings. The maximum atomic E-state index is 12.4. The van der Waals surface area contributed by atoms with Crippen molar-refractivity contribution in [3.63, 3.8) is 0 Å². The molecule has 0 aliphatic rings. The lowest BCUT2D eigenvalue weighted by Crippen LogP contribution is -2.43. The number of ether oxygens (including phenoxy) is 3. The van der Waals surface area contributed by atoms with Gasteiger partial charge in [0.25, 0.3) is 5.91 Å². The normalized spacial score (nSPS) is 9.85. The minimum absolute atomic E-state index is 0.208. The van der Waals surface area contributed by atoms with Crippen LogP contribution in [0.3, 0.4) is 0 Å². The van der Waals surface area contributed by atoms with Gasteiger partial charge < -0.3 is 19.5 Å². The summed E-state index contributed by atoms with van der Waals surface area (Å²) in [5, 5.41) is 3.74. The molecule has 0 saturated heterocycles. The smallest absolute Gasteiger partial charge is 0.273 e. The van der Waals surface area contributed by atoms with Gasteiger partial charge in [0.05, 0.1) is 26.9 Å². The van der Waals surface area contributed by atoms with E-state index >= 15 is 0 Å². The van der Waals surface area contributed by atoms with Crippen molar-refractivity contribution in [2.45, 2.75) is 0 Å². The van der Waals surface area contributed by atoms with Gasteiger partial charge in [0.1, 0.15) is 0 Å². The number of methoxy groups -OCH3 is 3. The Kier molecular flexibility index (Phi) is 6.88. The van der Waals surface area contributed by atoms with Crippen LogP contribution in [0.5, 0.6) is 17.2 Å². The van der Waals surface area contributed by atoms with Crippen LogP contribution in [0, 0.1) is 0 Å². The number of hydrogen-bond donors (Lipinski definition) is 3. The van der Waals surface area contributed by atoms with Gasteiger partial charge in [-0.3, -0.25) is 15.6 Å². The van der Waals surface area contributed by atoms with Crippen LogP contribution in [0.2, 0.25) is 5.02 Å². The summed E-state index contributed by atoms with van der Waals surface area (Å²) in [5.74, 6) is 0.573. The third-order valence-electron chi connectivity index (χ3n) is 3.34. The fourth-order valence-electron chi connectivity index (χ4n) is 2.16. The summed E-state index contributed by atoms with van der Waals surface area (Å²) >= 11 is 11.0. The molecule has 9 heteroatoms. The lowest BCUT2D eigenvalue weighted by molar-refractivity contribution is 0.0940. The zero-order valence-electron chi connectivity index (χ0n) is 14.4. The van der Waals surface area contributed by atoms with Gasteiger partial charge in [0.2, 0.25) is 5.75 Å². The molecule has 0 fully saturated rings. The average molecular weight is 396 g/mol. The van der Waals surface area contributed by atoms with E-state index in [2.05, 4.69) is 16.2 Å². The standard InChI is InChI=1S/C17H18ClN3O4S/c1-23-13-9-8-12(14(24-2)15(13)25-3)16(22)20-21-17(26)19-11-6-4-10(18)5-7-11/h4-9H,1-3H3,(H,20,22)(H2,19,21,26). The SMILES string of the molecule is COc1ccc(C(=O)NNC(=S)Nc2ccc(Cl)cc2)c(OC)c1OC. The van der Waals surface area contributed by atoms with E-state index in [-0.39, 0.29) is 16.4 Å². The first kappa shape index (κ1) is 19.6. The van der Waals surface area contributed by atoms with E-state index in [1.807, 2.05) is 0 Å². The quantitative estimate of drug-likeness (QED) is 0.530. The third-order valence-corrected chi connectivity index (χ3v) is 3.80. The highest BCUT2D eigenvalue weighted by atomic mass is 35.5. The second kappa shape index (κ2) is 9.12. The highest BCUT2D eigenvalue weighted by molar-refractivity contribution is 7.80. The van der Waals surface area contributed by atoms with E-state index in [9.17, 15) is 4.79 Å². The number of benzene rings is 2. The van der Waals surface area contributed by atoms with Crippen LogP contribution in [0.1, 0.15) is 10.4 Å². The Hall–Kier alpha value is -2.71. The summed E-state index contributed by atoms with van der Waals surface area (Å²) < 4.78 is 15.7. The van der Waals surface area contributed by atoms with Gasteiger partial charge >= 0.3 is 0 Å². The van der Waals surface area contributed by atoms with Gasteiger partial charge in [-0.25, -0.2) is 0 Å². The molecular formula is C17H18ClN3O4S. The van der Waals surface area contributed by atoms with Crippen molar-refractivity contribution in [3.05, 3.63) is 47.0 Å². The molecule has 0 aliphatic heterocycles. The maximum Gasteiger partial charge on any atom is 0.273 e. The van der Waals surface area contributed by atoms with Crippen LogP contribution in [-0.2, 0) is 0 Å². The molecule has 0 spiro atoms. The highest BCUT2D eigenvalue weighted by Gasteiger charge is 2.20. The van der Waals surface area contributed by atoms with Crippen molar-refractivity contribution in [2.75, 3.05) is 26.6 Å². The molecule has 0 atom stereocenters. The first-order valence-electron chi connectivity index (χ1n) is 7.42. The number of thiocarbonyl (C=S) groups is 1. The molecule has 0 aromatic heterocycles. The third kappa shape index (κ3) is 4.68. The van der Waals surface area contributed by atoms with Crippen molar-refractivity contribution < 1.29 is 19.0 Å². The number of carbonyl (C=O) groups is 1. The van der Waals surface area contributed by atoms with Gasteiger partial charge in [0.15, 0.2) is 16.6 Å². The highest BCUT2D eigenvalue weighted by Crippen LogP contribution is 2.39. The average Bonchev–Trinajstić information content (AvgIpc) is 2.66. The largest absolute Gasteiger partial charge is 0.493 e. The van der Waals surface area contributed by atoms with Gasteiger partial charge in [-0.2, -0.15) is 0 Å². The van der Waals surface area contributed by atoms with Gasteiger partial charge in [-0.15, -0.1) is 0 Å². The Morgan fingerprint density at radius 1 is 0.923 bits per heavy atom. The summed E-state index contributed by atoms with van der Waals surface area (Å²) in [5.41, 5.74) is 6.10. The molecule has 7 nitrogen and oxygen atoms in total. The summed E-state index contributed by atoms with van der Waals surface area (Å²) in [6, 6.07) is 10.1. The molecule has 0 unspecified atom stereocenters. The number of carbonyl (C=O) groups excluding carboxylic acids is 1. The topological polar surface area (TPSA) is 80.9 Å². The van der Waals surface area contributed by atoms with Crippen molar-refractivity contribution in [1.82, 2.24) is 10.9 Å². The van der Waals surface area contributed by atoms with Crippen molar-refractivity contribution in [3.8, 4) is 17.2 Å². The Bertz CT molecular complexity index is 799. The Morgan fingerprint density at radius 3 is 2.15 bits per heavy atom. The number of hydrazine groups is 1. The fourth-order valence-corrected chi connectivity index (χ4v) is 2.45. The van der Waals surface area contributed by atoms with E-state index in [1.165, 1.54) is 21.3 Å². The summed E-state index contributed by atoms with van der Waals surface area (Å²) in [6.45, 7) is 0. The molecule has 0 heterocycles. The predicted molar refractivity (Wildman–Crippen MR) is 104 cm³/mol. The second-order valence-corrected chi connectivity index (χ2v) is 5.77. The van der Waals surface area contributed by atoms with Crippen LogP contribution in [0.15, 0.2) is 36.4 Å². The predicted octanol–water partition coefficient (Wildman–Crippen LogP) is 3.00. The van der Waals surface area contributed by atoms with E-state index < -0.39 is 5.91 Å². The minimum Gasteiger partial charge on any atom is -0.493 e. The van der Waals surface area contributed by atoms with Crippen LogP contribution in [-0.4, -0.2) is 32.3 Å². The number of halogens is 1. The molecule has 138 valence electrons. The summed E-state index contributed by atoms with van der Waals surface area (Å²) in [7, 11) is 4.40. The monoisotopic (exact) mass is 395 g/mol. The van der Waals surface area contributed by atoms with Crippen LogP contribution in [0.25, 0.3) is 0 Å². The number of nitrogens with one attached hydrogen (secondary N) is 3. The molecule has 0 radical (unpaired) electrons. The molecule has 0 bridgehead atoms. The second-order valence-electron chi connectivity index (χ2n) is 4.92. The van der Waals surface area contributed by atoms with Crippen molar-refractivity contribution in [1.29, 1.82) is 0 Å². The maximum absolute atomic E-state index is 12.4. The number of hydrogen-bond acceptors (Lipinski definition) is 5. The fraction of sp³-hybridized carbons (Fsp3) is 0.176. The van der Waals surface area contributed by atoms with Crippen molar-refractivity contribution in [2.24, 2.45) is 0 Å². The van der Waals surface area contributed by atoms with Crippen LogP contribution in [0.4, 0.5) is 5.69 Å². The van der Waals surface area contributed by atoms with Crippen LogP contribution >= 0.6 is 23.8 Å².